The fraction of sp³-hybridized carbons (Fsp3) is 0.556. The molecule has 2 aromatic carbocycles. The highest BCUT2D eigenvalue weighted by Crippen LogP contribution is 2.62. The van der Waals surface area contributed by atoms with Crippen LogP contribution in [0.25, 0.3) is 0 Å². The lowest BCUT2D eigenvalue weighted by Crippen LogP contribution is -2.41. The Balaban J connectivity index is 1.71. The van der Waals surface area contributed by atoms with E-state index < -0.39 is 0 Å². The van der Waals surface area contributed by atoms with E-state index in [0.717, 1.165) is 60.2 Å². The van der Waals surface area contributed by atoms with Crippen LogP contribution in [0.15, 0.2) is 24.3 Å². The first-order valence-corrected chi connectivity index (χ1v) is 11.8. The molecule has 0 radical (unpaired) electrons. The topological polar surface area (TPSA) is 43.5 Å². The molecule has 0 saturated heterocycles. The van der Waals surface area contributed by atoms with Gasteiger partial charge in [-0.15, -0.1) is 0 Å². The quantitative estimate of drug-likeness (QED) is 0.274. The highest BCUT2D eigenvalue weighted by Gasteiger charge is 2.50. The molecule has 4 nitrogen and oxygen atoms in total. The summed E-state index contributed by atoms with van der Waals surface area (Å²) in [7, 11) is 0. The van der Waals surface area contributed by atoms with Gasteiger partial charge in [-0.2, -0.15) is 0 Å². The normalized spacial score (nSPS) is 21.3. The third-order valence-corrected chi connectivity index (χ3v) is 6.78. The molecule has 0 N–H and O–H groups in total. The zero-order valence-electron chi connectivity index (χ0n) is 19.5. The van der Waals surface area contributed by atoms with E-state index in [1.165, 1.54) is 17.5 Å². The van der Waals surface area contributed by atoms with Crippen molar-refractivity contribution in [1.29, 1.82) is 0 Å². The highest BCUT2D eigenvalue weighted by molar-refractivity contribution is 5.68. The maximum Gasteiger partial charge on any atom is 0.173 e. The number of benzene rings is 2. The monoisotopic (exact) mass is 422 g/mol. The molecule has 4 heteroatoms. The van der Waals surface area contributed by atoms with Gasteiger partial charge in [-0.25, -0.2) is 0 Å². The number of fused-ring (bicyclic) bond motifs is 2. The Morgan fingerprint density at radius 1 is 0.806 bits per heavy atom. The average Bonchev–Trinajstić information content (AvgIpc) is 3.62. The van der Waals surface area contributed by atoms with Crippen molar-refractivity contribution in [2.24, 2.45) is 11.3 Å². The predicted molar refractivity (Wildman–Crippen MR) is 122 cm³/mol. The summed E-state index contributed by atoms with van der Waals surface area (Å²) >= 11 is 0. The van der Waals surface area contributed by atoms with Crippen LogP contribution in [0.2, 0.25) is 0 Å². The van der Waals surface area contributed by atoms with E-state index in [9.17, 15) is 0 Å². The molecule has 2 heterocycles. The van der Waals surface area contributed by atoms with Crippen molar-refractivity contribution in [3.05, 3.63) is 35.4 Å². The summed E-state index contributed by atoms with van der Waals surface area (Å²) in [6.07, 6.45) is 5.26. The second-order valence-corrected chi connectivity index (χ2v) is 10.4. The SMILES string of the molecule is CCCOc1cc2c(cc1C1(c3cc4c(cc3OCCC)O4)CC(C)CC(C)(C)C1)O2. The van der Waals surface area contributed by atoms with E-state index in [0.29, 0.717) is 19.1 Å². The molecule has 1 saturated carbocycles. The Bertz CT molecular complexity index is 941. The van der Waals surface area contributed by atoms with Gasteiger partial charge in [-0.1, -0.05) is 34.6 Å². The van der Waals surface area contributed by atoms with Crippen LogP contribution >= 0.6 is 0 Å². The zero-order valence-corrected chi connectivity index (χ0v) is 19.5. The second kappa shape index (κ2) is 7.36. The maximum atomic E-state index is 6.32. The summed E-state index contributed by atoms with van der Waals surface area (Å²) in [4.78, 5) is 0. The smallest absolute Gasteiger partial charge is 0.173 e. The van der Waals surface area contributed by atoms with E-state index in [1.54, 1.807) is 0 Å². The molecule has 3 aliphatic rings. The highest BCUT2D eigenvalue weighted by atomic mass is 16.6. The molecule has 5 rings (SSSR count). The lowest BCUT2D eigenvalue weighted by atomic mass is 9.55. The van der Waals surface area contributed by atoms with Crippen molar-refractivity contribution in [3.63, 3.8) is 0 Å². The Morgan fingerprint density at radius 3 is 1.74 bits per heavy atom. The van der Waals surface area contributed by atoms with Crippen LogP contribution in [0.3, 0.4) is 0 Å². The van der Waals surface area contributed by atoms with E-state index in [2.05, 4.69) is 58.9 Å². The maximum absolute atomic E-state index is 6.32. The first kappa shape index (κ1) is 20.5. The Hall–Kier alpha value is -2.36. The van der Waals surface area contributed by atoms with Gasteiger partial charge in [0, 0.05) is 28.7 Å². The Labute approximate surface area is 185 Å². The molecule has 166 valence electrons. The number of ether oxygens (including phenoxy) is 4. The van der Waals surface area contributed by atoms with Gasteiger partial charge in [0.05, 0.1) is 13.2 Å². The first-order chi connectivity index (χ1) is 14.8. The van der Waals surface area contributed by atoms with Gasteiger partial charge < -0.3 is 18.9 Å². The van der Waals surface area contributed by atoms with Crippen LogP contribution in [0.4, 0.5) is 0 Å². The molecular formula is C27H34O4. The third-order valence-electron chi connectivity index (χ3n) is 6.78. The molecule has 0 spiro atoms. The van der Waals surface area contributed by atoms with Crippen molar-refractivity contribution in [3.8, 4) is 34.5 Å². The van der Waals surface area contributed by atoms with Gasteiger partial charge in [0.2, 0.25) is 0 Å². The molecule has 0 bridgehead atoms. The number of hydrogen-bond donors (Lipinski definition) is 0. The van der Waals surface area contributed by atoms with Gasteiger partial charge in [0.15, 0.2) is 23.0 Å². The summed E-state index contributed by atoms with van der Waals surface area (Å²) in [6, 6.07) is 8.63. The molecular weight excluding hydrogens is 388 g/mol. The minimum Gasteiger partial charge on any atom is -0.493 e. The summed E-state index contributed by atoms with van der Waals surface area (Å²) in [6.45, 7) is 12.9. The minimum absolute atomic E-state index is 0.198. The summed E-state index contributed by atoms with van der Waals surface area (Å²) in [5.41, 5.74) is 2.45. The predicted octanol–water partition coefficient (Wildman–Crippen LogP) is 7.61. The van der Waals surface area contributed by atoms with Crippen molar-refractivity contribution in [2.75, 3.05) is 13.2 Å². The van der Waals surface area contributed by atoms with E-state index in [1.807, 2.05) is 0 Å². The fourth-order valence-electron chi connectivity index (χ4n) is 5.92. The number of rotatable bonds is 8. The van der Waals surface area contributed by atoms with E-state index in [-0.39, 0.29) is 10.8 Å². The Kier molecular flexibility index (Phi) is 4.87. The average molecular weight is 423 g/mol. The largest absolute Gasteiger partial charge is 0.493 e. The molecule has 1 atom stereocenters. The van der Waals surface area contributed by atoms with Crippen molar-refractivity contribution >= 4 is 0 Å². The van der Waals surface area contributed by atoms with Crippen LogP contribution in [-0.4, -0.2) is 13.2 Å². The molecule has 0 aromatic heterocycles. The molecule has 0 amide bonds. The second-order valence-electron chi connectivity index (χ2n) is 10.4. The number of hydrogen-bond acceptors (Lipinski definition) is 4. The van der Waals surface area contributed by atoms with E-state index >= 15 is 0 Å². The lowest BCUT2D eigenvalue weighted by Gasteiger charge is -2.49. The Morgan fingerprint density at radius 2 is 1.29 bits per heavy atom. The summed E-state index contributed by atoms with van der Waals surface area (Å²) < 4.78 is 24.1. The molecule has 2 aliphatic heterocycles. The van der Waals surface area contributed by atoms with Crippen LogP contribution in [-0.2, 0) is 5.41 Å². The van der Waals surface area contributed by atoms with Gasteiger partial charge in [-0.05, 0) is 55.6 Å². The van der Waals surface area contributed by atoms with Gasteiger partial charge in [-0.3, -0.25) is 0 Å². The zero-order chi connectivity index (χ0) is 21.8. The lowest BCUT2D eigenvalue weighted by molar-refractivity contribution is 0.122. The van der Waals surface area contributed by atoms with Crippen LogP contribution in [0, 0.1) is 11.3 Å². The summed E-state index contributed by atoms with van der Waals surface area (Å²) in [5.74, 6) is 6.34. The standard InChI is InChI=1S/C27H34O4/c1-6-8-28-20-12-24-22(30-24)10-18(20)27(15-17(3)14-26(4,5)16-27)19-11-23-25(31-23)13-21(19)29-9-7-2/h10-13,17H,6-9,14-16H2,1-5H3. The fourth-order valence-corrected chi connectivity index (χ4v) is 5.92. The van der Waals surface area contributed by atoms with Crippen LogP contribution in [0.1, 0.15) is 77.8 Å². The van der Waals surface area contributed by atoms with Crippen molar-refractivity contribution < 1.29 is 18.9 Å². The van der Waals surface area contributed by atoms with E-state index in [4.69, 9.17) is 18.9 Å². The van der Waals surface area contributed by atoms with Crippen LogP contribution in [0.5, 0.6) is 34.5 Å². The van der Waals surface area contributed by atoms with Gasteiger partial charge in [0.1, 0.15) is 11.5 Å². The van der Waals surface area contributed by atoms with Gasteiger partial charge >= 0.3 is 0 Å². The molecule has 2 aromatic rings. The minimum atomic E-state index is -0.213. The molecule has 1 unspecified atom stereocenters. The molecule has 1 aliphatic carbocycles. The van der Waals surface area contributed by atoms with Crippen LogP contribution < -0.4 is 18.9 Å². The van der Waals surface area contributed by atoms with Gasteiger partial charge in [0.25, 0.3) is 0 Å². The molecule has 31 heavy (non-hydrogen) atoms. The third kappa shape index (κ3) is 3.75. The summed E-state index contributed by atoms with van der Waals surface area (Å²) in [5, 5.41) is 0. The van der Waals surface area contributed by atoms with Crippen molar-refractivity contribution in [1.82, 2.24) is 0 Å². The molecule has 1 fully saturated rings. The van der Waals surface area contributed by atoms with Crippen molar-refractivity contribution in [2.45, 2.75) is 72.1 Å². The first-order valence-electron chi connectivity index (χ1n) is 11.8.